The van der Waals surface area contributed by atoms with E-state index in [2.05, 4.69) is 20.7 Å². The van der Waals surface area contributed by atoms with E-state index in [9.17, 15) is 15.0 Å². The topological polar surface area (TPSA) is 66.8 Å². The summed E-state index contributed by atoms with van der Waals surface area (Å²) >= 11 is 3.16. The number of phenolic OH excluding ortho intramolecular Hbond substituents is 1. The smallest absolute Gasteiger partial charge is 0.339 e. The molecular formula is C9H9BrO4. The lowest BCUT2D eigenvalue weighted by atomic mass is 10.1. The van der Waals surface area contributed by atoms with Gasteiger partial charge >= 0.3 is 5.97 Å². The van der Waals surface area contributed by atoms with Crippen LogP contribution in [0.5, 0.6) is 5.75 Å². The van der Waals surface area contributed by atoms with Crippen LogP contribution in [0.3, 0.4) is 0 Å². The lowest BCUT2D eigenvalue weighted by Crippen LogP contribution is -2.13. The largest absolute Gasteiger partial charge is 0.508 e. The van der Waals surface area contributed by atoms with Crippen molar-refractivity contribution in [2.24, 2.45) is 0 Å². The van der Waals surface area contributed by atoms with Gasteiger partial charge in [-0.05, 0) is 18.2 Å². The molecule has 1 aromatic carbocycles. The standard InChI is InChI=1S/C9H9BrO4/c1-14-9(13)8(12)6-4-5(10)2-3-7(6)11/h2-4,8,11-12H,1H3. The molecule has 76 valence electrons. The second-order valence-corrected chi connectivity index (χ2v) is 3.54. The van der Waals surface area contributed by atoms with Gasteiger partial charge < -0.3 is 14.9 Å². The van der Waals surface area contributed by atoms with Crippen LogP contribution in [0.15, 0.2) is 22.7 Å². The van der Waals surface area contributed by atoms with E-state index in [4.69, 9.17) is 0 Å². The molecule has 1 aromatic rings. The molecule has 1 rings (SSSR count). The first-order valence-corrected chi connectivity index (χ1v) is 4.60. The molecule has 0 aliphatic rings. The third kappa shape index (κ3) is 2.24. The van der Waals surface area contributed by atoms with Gasteiger partial charge in [0.15, 0.2) is 6.10 Å². The normalized spacial score (nSPS) is 12.2. The number of benzene rings is 1. The predicted molar refractivity (Wildman–Crippen MR) is 52.8 cm³/mol. The summed E-state index contributed by atoms with van der Waals surface area (Å²) < 4.78 is 5.01. The molecular weight excluding hydrogens is 252 g/mol. The molecule has 0 bridgehead atoms. The zero-order valence-corrected chi connectivity index (χ0v) is 8.98. The maximum atomic E-state index is 11.0. The number of hydrogen-bond donors (Lipinski definition) is 2. The summed E-state index contributed by atoms with van der Waals surface area (Å²) in [6.07, 6.45) is -1.46. The zero-order chi connectivity index (χ0) is 10.7. The van der Waals surface area contributed by atoms with Gasteiger partial charge in [0.25, 0.3) is 0 Å². The van der Waals surface area contributed by atoms with Crippen molar-refractivity contribution in [3.05, 3.63) is 28.2 Å². The minimum absolute atomic E-state index is 0.117. The first kappa shape index (κ1) is 11.0. The van der Waals surface area contributed by atoms with Crippen molar-refractivity contribution in [2.45, 2.75) is 6.10 Å². The number of aliphatic hydroxyl groups excluding tert-OH is 1. The highest BCUT2D eigenvalue weighted by Crippen LogP contribution is 2.27. The Labute approximate surface area is 89.3 Å². The Bertz CT molecular complexity index is 351. The minimum Gasteiger partial charge on any atom is -0.508 e. The third-order valence-corrected chi connectivity index (χ3v) is 2.20. The molecule has 0 amide bonds. The summed E-state index contributed by atoms with van der Waals surface area (Å²) in [5.41, 5.74) is 0.117. The van der Waals surface area contributed by atoms with E-state index in [1.807, 2.05) is 0 Å². The summed E-state index contributed by atoms with van der Waals surface area (Å²) in [6.45, 7) is 0. The van der Waals surface area contributed by atoms with Gasteiger partial charge in [-0.2, -0.15) is 0 Å². The summed E-state index contributed by atoms with van der Waals surface area (Å²) in [4.78, 5) is 11.0. The van der Waals surface area contributed by atoms with Crippen molar-refractivity contribution in [1.82, 2.24) is 0 Å². The van der Waals surface area contributed by atoms with Crippen LogP contribution in [0.2, 0.25) is 0 Å². The monoisotopic (exact) mass is 260 g/mol. The SMILES string of the molecule is COC(=O)C(O)c1cc(Br)ccc1O. The Hall–Kier alpha value is -1.07. The Kier molecular flexibility index (Phi) is 3.49. The van der Waals surface area contributed by atoms with Crippen LogP contribution in [0, 0.1) is 0 Å². The molecule has 0 spiro atoms. The molecule has 0 aliphatic heterocycles. The summed E-state index contributed by atoms with van der Waals surface area (Å²) in [5.74, 6) is -0.954. The lowest BCUT2D eigenvalue weighted by molar-refractivity contribution is -0.150. The first-order valence-electron chi connectivity index (χ1n) is 3.80. The van der Waals surface area contributed by atoms with Crippen LogP contribution in [0.25, 0.3) is 0 Å². The molecule has 0 saturated heterocycles. The highest BCUT2D eigenvalue weighted by Gasteiger charge is 2.21. The number of aliphatic hydroxyl groups is 1. The van der Waals surface area contributed by atoms with Crippen molar-refractivity contribution in [1.29, 1.82) is 0 Å². The maximum Gasteiger partial charge on any atom is 0.339 e. The summed E-state index contributed by atoms with van der Waals surface area (Å²) in [6, 6.07) is 4.44. The first-order chi connectivity index (χ1) is 6.56. The predicted octanol–water partition coefficient (Wildman–Crippen LogP) is 1.36. The number of phenols is 1. The molecule has 1 atom stereocenters. The highest BCUT2D eigenvalue weighted by molar-refractivity contribution is 9.10. The summed E-state index contributed by atoms with van der Waals surface area (Å²) in [7, 11) is 1.17. The molecule has 2 N–H and O–H groups in total. The van der Waals surface area contributed by atoms with Crippen molar-refractivity contribution in [3.8, 4) is 5.75 Å². The van der Waals surface area contributed by atoms with Crippen molar-refractivity contribution in [3.63, 3.8) is 0 Å². The van der Waals surface area contributed by atoms with Crippen LogP contribution < -0.4 is 0 Å². The van der Waals surface area contributed by atoms with E-state index in [-0.39, 0.29) is 11.3 Å². The number of ether oxygens (including phenoxy) is 1. The van der Waals surface area contributed by atoms with E-state index in [0.717, 1.165) is 0 Å². The van der Waals surface area contributed by atoms with Gasteiger partial charge in [-0.3, -0.25) is 0 Å². The Morgan fingerprint density at radius 3 is 2.79 bits per heavy atom. The van der Waals surface area contributed by atoms with Crippen LogP contribution in [0.4, 0.5) is 0 Å². The van der Waals surface area contributed by atoms with E-state index in [1.165, 1.54) is 19.2 Å². The van der Waals surface area contributed by atoms with Crippen LogP contribution >= 0.6 is 15.9 Å². The number of hydrogen-bond acceptors (Lipinski definition) is 4. The van der Waals surface area contributed by atoms with Gasteiger partial charge in [0.1, 0.15) is 5.75 Å². The number of carbonyl (C=O) groups excluding carboxylic acids is 1. The van der Waals surface area contributed by atoms with Gasteiger partial charge in [0.2, 0.25) is 0 Å². The molecule has 5 heteroatoms. The van der Waals surface area contributed by atoms with Crippen molar-refractivity contribution < 1.29 is 19.7 Å². The number of carbonyl (C=O) groups is 1. The molecule has 0 aromatic heterocycles. The fraction of sp³-hybridized carbons (Fsp3) is 0.222. The molecule has 4 nitrogen and oxygen atoms in total. The van der Waals surface area contributed by atoms with E-state index in [0.29, 0.717) is 4.47 Å². The van der Waals surface area contributed by atoms with E-state index in [1.54, 1.807) is 6.07 Å². The minimum atomic E-state index is -1.46. The fourth-order valence-corrected chi connectivity index (χ4v) is 1.36. The number of halogens is 1. The molecule has 0 fully saturated rings. The molecule has 14 heavy (non-hydrogen) atoms. The van der Waals surface area contributed by atoms with E-state index >= 15 is 0 Å². The average Bonchev–Trinajstić information content (AvgIpc) is 2.19. The quantitative estimate of drug-likeness (QED) is 0.789. The van der Waals surface area contributed by atoms with Gasteiger partial charge in [0, 0.05) is 10.0 Å². The van der Waals surface area contributed by atoms with Gasteiger partial charge in [-0.1, -0.05) is 15.9 Å². The van der Waals surface area contributed by atoms with Gasteiger partial charge in [-0.15, -0.1) is 0 Å². The van der Waals surface area contributed by atoms with Gasteiger partial charge in [-0.25, -0.2) is 4.79 Å². The Morgan fingerprint density at radius 1 is 1.57 bits per heavy atom. The Morgan fingerprint density at radius 2 is 2.21 bits per heavy atom. The van der Waals surface area contributed by atoms with Crippen LogP contribution in [-0.2, 0) is 9.53 Å². The molecule has 0 radical (unpaired) electrons. The second kappa shape index (κ2) is 4.43. The third-order valence-electron chi connectivity index (χ3n) is 1.71. The van der Waals surface area contributed by atoms with Gasteiger partial charge in [0.05, 0.1) is 7.11 Å². The Balaban J connectivity index is 3.05. The molecule has 0 saturated carbocycles. The molecule has 0 aliphatic carbocycles. The van der Waals surface area contributed by atoms with Crippen LogP contribution in [0.1, 0.15) is 11.7 Å². The number of methoxy groups -OCH3 is 1. The average molecular weight is 261 g/mol. The molecule has 0 heterocycles. The van der Waals surface area contributed by atoms with Crippen molar-refractivity contribution >= 4 is 21.9 Å². The highest BCUT2D eigenvalue weighted by atomic mass is 79.9. The molecule has 1 unspecified atom stereocenters. The maximum absolute atomic E-state index is 11.0. The van der Waals surface area contributed by atoms with Crippen LogP contribution in [-0.4, -0.2) is 23.3 Å². The fourth-order valence-electron chi connectivity index (χ4n) is 0.983. The lowest BCUT2D eigenvalue weighted by Gasteiger charge is -2.10. The second-order valence-electron chi connectivity index (χ2n) is 2.63. The summed E-state index contributed by atoms with van der Waals surface area (Å²) in [5, 5.41) is 18.8. The van der Waals surface area contributed by atoms with E-state index < -0.39 is 12.1 Å². The number of rotatable bonds is 2. The van der Waals surface area contributed by atoms with Crippen molar-refractivity contribution in [2.75, 3.05) is 7.11 Å². The number of esters is 1. The zero-order valence-electron chi connectivity index (χ0n) is 7.40. The number of aromatic hydroxyl groups is 1.